The summed E-state index contributed by atoms with van der Waals surface area (Å²) in [4.78, 5) is 5.82. The number of hydrogen-bond acceptors (Lipinski definition) is 5. The van der Waals surface area contributed by atoms with Crippen LogP contribution in [0.25, 0.3) is 0 Å². The predicted octanol–water partition coefficient (Wildman–Crippen LogP) is 2.38. The maximum Gasteiger partial charge on any atom is 0.0929 e. The van der Waals surface area contributed by atoms with Gasteiger partial charge in [-0.1, -0.05) is 6.92 Å². The van der Waals surface area contributed by atoms with E-state index in [-0.39, 0.29) is 12.6 Å². The number of nitrogens with zero attached hydrogens (tertiary/aromatic N) is 3. The second kappa shape index (κ2) is 6.16. The topological polar surface area (TPSA) is 63.0 Å². The molecule has 2 N–H and O–H groups in total. The molecule has 0 aliphatic rings. The first-order chi connectivity index (χ1) is 9.13. The van der Waals surface area contributed by atoms with Gasteiger partial charge in [-0.3, -0.25) is 4.68 Å². The van der Waals surface area contributed by atoms with Gasteiger partial charge >= 0.3 is 0 Å². The standard InChI is InChI=1S/C13H20N4OS/c1-4-12-16-10(3)13(19-12)9(2)15-11-7-14-17(8-11)5-6-18/h7-9,15,18H,4-6H2,1-3H3. The minimum absolute atomic E-state index is 0.102. The van der Waals surface area contributed by atoms with Gasteiger partial charge in [0, 0.05) is 11.1 Å². The van der Waals surface area contributed by atoms with Crippen LogP contribution in [0.4, 0.5) is 5.69 Å². The van der Waals surface area contributed by atoms with E-state index >= 15 is 0 Å². The number of anilines is 1. The van der Waals surface area contributed by atoms with E-state index in [9.17, 15) is 0 Å². The summed E-state index contributed by atoms with van der Waals surface area (Å²) in [6.07, 6.45) is 4.67. The molecule has 1 atom stereocenters. The van der Waals surface area contributed by atoms with Gasteiger partial charge in [0.05, 0.1) is 41.8 Å². The van der Waals surface area contributed by atoms with Crippen LogP contribution in [0.2, 0.25) is 0 Å². The molecule has 0 saturated heterocycles. The quantitative estimate of drug-likeness (QED) is 0.853. The lowest BCUT2D eigenvalue weighted by atomic mass is 10.2. The Hall–Kier alpha value is -1.40. The molecule has 0 amide bonds. The molecule has 2 rings (SSSR count). The van der Waals surface area contributed by atoms with Gasteiger partial charge in [-0.15, -0.1) is 11.3 Å². The van der Waals surface area contributed by atoms with Crippen molar-refractivity contribution < 1.29 is 5.11 Å². The normalized spacial score (nSPS) is 12.6. The second-order valence-corrected chi connectivity index (χ2v) is 5.61. The van der Waals surface area contributed by atoms with E-state index in [0.29, 0.717) is 6.54 Å². The lowest BCUT2D eigenvalue weighted by Crippen LogP contribution is -2.06. The highest BCUT2D eigenvalue weighted by Crippen LogP contribution is 2.27. The van der Waals surface area contributed by atoms with Crippen LogP contribution in [-0.2, 0) is 13.0 Å². The molecule has 0 bridgehead atoms. The zero-order valence-corrected chi connectivity index (χ0v) is 12.4. The summed E-state index contributed by atoms with van der Waals surface area (Å²) in [5, 5.41) is 17.6. The van der Waals surface area contributed by atoms with Crippen molar-refractivity contribution in [3.8, 4) is 0 Å². The van der Waals surface area contributed by atoms with E-state index in [4.69, 9.17) is 5.11 Å². The number of thiazole rings is 1. The molecule has 0 aromatic carbocycles. The van der Waals surface area contributed by atoms with E-state index in [1.165, 1.54) is 9.88 Å². The van der Waals surface area contributed by atoms with E-state index in [0.717, 1.165) is 17.8 Å². The number of aliphatic hydroxyl groups excluding tert-OH is 1. The lowest BCUT2D eigenvalue weighted by molar-refractivity contribution is 0.269. The van der Waals surface area contributed by atoms with E-state index in [1.807, 2.05) is 6.20 Å². The van der Waals surface area contributed by atoms with Crippen molar-refractivity contribution in [3.05, 3.63) is 28.0 Å². The third kappa shape index (κ3) is 3.33. The first-order valence-corrected chi connectivity index (χ1v) is 7.31. The van der Waals surface area contributed by atoms with Gasteiger partial charge < -0.3 is 10.4 Å². The molecule has 0 aliphatic carbocycles. The fourth-order valence-corrected chi connectivity index (χ4v) is 3.01. The largest absolute Gasteiger partial charge is 0.394 e. The Labute approximate surface area is 117 Å². The fraction of sp³-hybridized carbons (Fsp3) is 0.538. The van der Waals surface area contributed by atoms with Crippen LogP contribution in [0.15, 0.2) is 12.4 Å². The Morgan fingerprint density at radius 2 is 2.32 bits per heavy atom. The SMILES string of the molecule is CCc1nc(C)c(C(C)Nc2cnn(CCO)c2)s1. The maximum atomic E-state index is 8.87. The molecule has 5 nitrogen and oxygen atoms in total. The molecule has 0 radical (unpaired) electrons. The summed E-state index contributed by atoms with van der Waals surface area (Å²) in [6, 6.07) is 0.213. The van der Waals surface area contributed by atoms with E-state index < -0.39 is 0 Å². The van der Waals surface area contributed by atoms with Crippen LogP contribution >= 0.6 is 11.3 Å². The van der Waals surface area contributed by atoms with Crippen molar-refractivity contribution >= 4 is 17.0 Å². The summed E-state index contributed by atoms with van der Waals surface area (Å²) >= 11 is 1.76. The van der Waals surface area contributed by atoms with Crippen molar-refractivity contribution in [2.24, 2.45) is 0 Å². The number of aromatic nitrogens is 3. The van der Waals surface area contributed by atoms with Gasteiger partial charge in [0.1, 0.15) is 0 Å². The van der Waals surface area contributed by atoms with Crippen LogP contribution < -0.4 is 5.32 Å². The van der Waals surface area contributed by atoms with Crippen molar-refractivity contribution in [1.29, 1.82) is 0 Å². The van der Waals surface area contributed by atoms with E-state index in [2.05, 4.69) is 36.2 Å². The van der Waals surface area contributed by atoms with Gasteiger partial charge in [0.25, 0.3) is 0 Å². The van der Waals surface area contributed by atoms with Crippen LogP contribution in [0.3, 0.4) is 0 Å². The zero-order chi connectivity index (χ0) is 13.8. The molecule has 6 heteroatoms. The Balaban J connectivity index is 2.06. The van der Waals surface area contributed by atoms with Gasteiger partial charge in [-0.25, -0.2) is 4.98 Å². The molecule has 1 unspecified atom stereocenters. The molecule has 0 saturated carbocycles. The molecule has 0 spiro atoms. The summed E-state index contributed by atoms with van der Waals surface area (Å²) in [5.74, 6) is 0. The average molecular weight is 280 g/mol. The number of hydrogen-bond donors (Lipinski definition) is 2. The number of aryl methyl sites for hydroxylation is 2. The monoisotopic (exact) mass is 280 g/mol. The van der Waals surface area contributed by atoms with Crippen molar-refractivity contribution in [3.63, 3.8) is 0 Å². The summed E-state index contributed by atoms with van der Waals surface area (Å²) in [5.41, 5.74) is 2.07. The van der Waals surface area contributed by atoms with Gasteiger partial charge in [0.15, 0.2) is 0 Å². The van der Waals surface area contributed by atoms with Crippen LogP contribution in [0.1, 0.15) is 35.5 Å². The third-order valence-electron chi connectivity index (χ3n) is 2.92. The van der Waals surface area contributed by atoms with Gasteiger partial charge in [0.2, 0.25) is 0 Å². The molecular formula is C13H20N4OS. The maximum absolute atomic E-state index is 8.87. The molecule has 0 fully saturated rings. The molecule has 2 aromatic rings. The van der Waals surface area contributed by atoms with Crippen molar-refractivity contribution in [2.45, 2.75) is 39.8 Å². The molecule has 2 aromatic heterocycles. The smallest absolute Gasteiger partial charge is 0.0929 e. The number of nitrogens with one attached hydrogen (secondary N) is 1. The zero-order valence-electron chi connectivity index (χ0n) is 11.6. The lowest BCUT2D eigenvalue weighted by Gasteiger charge is -2.12. The predicted molar refractivity (Wildman–Crippen MR) is 77.6 cm³/mol. The average Bonchev–Trinajstić information content (AvgIpc) is 2.96. The minimum atomic E-state index is 0.102. The highest BCUT2D eigenvalue weighted by Gasteiger charge is 2.14. The fourth-order valence-electron chi connectivity index (χ4n) is 2.00. The summed E-state index contributed by atoms with van der Waals surface area (Å²) < 4.78 is 1.73. The van der Waals surface area contributed by atoms with Crippen molar-refractivity contribution in [2.75, 3.05) is 11.9 Å². The highest BCUT2D eigenvalue weighted by atomic mass is 32.1. The molecule has 104 valence electrons. The second-order valence-electron chi connectivity index (χ2n) is 4.49. The number of aliphatic hydroxyl groups is 1. The molecule has 0 aliphatic heterocycles. The van der Waals surface area contributed by atoms with E-state index in [1.54, 1.807) is 22.2 Å². The first-order valence-electron chi connectivity index (χ1n) is 6.50. The summed E-state index contributed by atoms with van der Waals surface area (Å²) in [7, 11) is 0. The van der Waals surface area contributed by atoms with Gasteiger partial charge in [-0.2, -0.15) is 5.10 Å². The minimum Gasteiger partial charge on any atom is -0.394 e. The highest BCUT2D eigenvalue weighted by molar-refractivity contribution is 7.11. The molecular weight excluding hydrogens is 260 g/mol. The molecule has 19 heavy (non-hydrogen) atoms. The van der Waals surface area contributed by atoms with Gasteiger partial charge in [-0.05, 0) is 20.3 Å². The summed E-state index contributed by atoms with van der Waals surface area (Å²) in [6.45, 7) is 6.93. The first kappa shape index (κ1) is 14.0. The Bertz CT molecular complexity index is 534. The molecule has 2 heterocycles. The third-order valence-corrected chi connectivity index (χ3v) is 4.40. The van der Waals surface area contributed by atoms with Crippen LogP contribution in [-0.4, -0.2) is 26.5 Å². The van der Waals surface area contributed by atoms with Crippen LogP contribution in [0, 0.1) is 6.92 Å². The van der Waals surface area contributed by atoms with Crippen molar-refractivity contribution in [1.82, 2.24) is 14.8 Å². The number of rotatable bonds is 6. The Morgan fingerprint density at radius 1 is 1.53 bits per heavy atom. The van der Waals surface area contributed by atoms with Crippen LogP contribution in [0.5, 0.6) is 0 Å². The Kier molecular flexibility index (Phi) is 4.55. The Morgan fingerprint density at radius 3 is 2.95 bits per heavy atom.